The van der Waals surface area contributed by atoms with Gasteiger partial charge in [-0.25, -0.2) is 0 Å². The first-order valence-electron chi connectivity index (χ1n) is 5.32. The predicted molar refractivity (Wildman–Crippen MR) is 63.2 cm³/mol. The average molecular weight is 217 g/mol. The fourth-order valence-corrected chi connectivity index (χ4v) is 2.03. The molecule has 4 nitrogen and oxygen atoms in total. The van der Waals surface area contributed by atoms with Crippen LogP contribution in [-0.2, 0) is 4.74 Å². The van der Waals surface area contributed by atoms with E-state index in [1.807, 2.05) is 6.07 Å². The van der Waals surface area contributed by atoms with E-state index in [2.05, 4.69) is 11.0 Å². The Morgan fingerprint density at radius 1 is 1.56 bits per heavy atom. The molecule has 1 aliphatic rings. The van der Waals surface area contributed by atoms with Gasteiger partial charge in [-0.3, -0.25) is 0 Å². The Kier molecular flexibility index (Phi) is 2.97. The predicted octanol–water partition coefficient (Wildman–Crippen LogP) is 1.37. The Morgan fingerprint density at radius 2 is 2.38 bits per heavy atom. The minimum Gasteiger partial charge on any atom is -0.397 e. The molecule has 0 aliphatic carbocycles. The standard InChI is InChI=1S/C12H15N3O/c1-16-10-4-5-15(8-10)12-6-9(7-13)2-3-11(12)14/h2-3,6,10H,4-5,8,14H2,1H3. The summed E-state index contributed by atoms with van der Waals surface area (Å²) in [6.07, 6.45) is 1.28. The number of rotatable bonds is 2. The Bertz CT molecular complexity index is 425. The maximum atomic E-state index is 8.86. The number of nitrogens with zero attached hydrogens (tertiary/aromatic N) is 2. The molecule has 1 atom stereocenters. The smallest absolute Gasteiger partial charge is 0.0992 e. The van der Waals surface area contributed by atoms with Gasteiger partial charge in [-0.15, -0.1) is 0 Å². The molecule has 0 saturated carbocycles. The van der Waals surface area contributed by atoms with Crippen LogP contribution in [0.1, 0.15) is 12.0 Å². The third-order valence-corrected chi connectivity index (χ3v) is 2.98. The van der Waals surface area contributed by atoms with Crippen molar-refractivity contribution in [1.29, 1.82) is 5.26 Å². The van der Waals surface area contributed by atoms with Crippen molar-refractivity contribution in [3.63, 3.8) is 0 Å². The van der Waals surface area contributed by atoms with Crippen LogP contribution in [0.3, 0.4) is 0 Å². The summed E-state index contributed by atoms with van der Waals surface area (Å²) in [5.41, 5.74) is 8.22. The van der Waals surface area contributed by atoms with E-state index in [9.17, 15) is 0 Å². The zero-order valence-corrected chi connectivity index (χ0v) is 9.31. The largest absolute Gasteiger partial charge is 0.397 e. The highest BCUT2D eigenvalue weighted by Gasteiger charge is 2.23. The van der Waals surface area contributed by atoms with Gasteiger partial charge in [0.25, 0.3) is 0 Å². The number of hydrogen-bond donors (Lipinski definition) is 1. The number of hydrogen-bond acceptors (Lipinski definition) is 4. The molecule has 1 aromatic carbocycles. The lowest BCUT2D eigenvalue weighted by atomic mass is 10.2. The summed E-state index contributed by atoms with van der Waals surface area (Å²) in [5, 5.41) is 8.86. The lowest BCUT2D eigenvalue weighted by Crippen LogP contribution is -2.23. The molecule has 1 unspecified atom stereocenters. The summed E-state index contributed by atoms with van der Waals surface area (Å²) in [5.74, 6) is 0. The molecular weight excluding hydrogens is 202 g/mol. The zero-order valence-electron chi connectivity index (χ0n) is 9.31. The van der Waals surface area contributed by atoms with Gasteiger partial charge in [0.05, 0.1) is 29.1 Å². The van der Waals surface area contributed by atoms with Crippen molar-refractivity contribution in [3.05, 3.63) is 23.8 Å². The Morgan fingerprint density at radius 3 is 3.00 bits per heavy atom. The molecule has 16 heavy (non-hydrogen) atoms. The minimum atomic E-state index is 0.269. The maximum absolute atomic E-state index is 8.86. The van der Waals surface area contributed by atoms with E-state index < -0.39 is 0 Å². The average Bonchev–Trinajstić information content (AvgIpc) is 2.78. The summed E-state index contributed by atoms with van der Waals surface area (Å²) in [7, 11) is 1.73. The van der Waals surface area contributed by atoms with Crippen molar-refractivity contribution in [2.45, 2.75) is 12.5 Å². The third kappa shape index (κ3) is 1.95. The first-order chi connectivity index (χ1) is 7.74. The van der Waals surface area contributed by atoms with Crippen molar-refractivity contribution in [3.8, 4) is 6.07 Å². The fraction of sp³-hybridized carbons (Fsp3) is 0.417. The van der Waals surface area contributed by atoms with Gasteiger partial charge in [0, 0.05) is 20.2 Å². The first kappa shape index (κ1) is 10.8. The molecule has 0 radical (unpaired) electrons. The molecule has 2 rings (SSSR count). The topological polar surface area (TPSA) is 62.3 Å². The Balaban J connectivity index is 2.24. The monoisotopic (exact) mass is 217 g/mol. The highest BCUT2D eigenvalue weighted by molar-refractivity contribution is 5.70. The normalized spacial score (nSPS) is 19.8. The summed E-state index contributed by atoms with van der Waals surface area (Å²) < 4.78 is 5.31. The number of benzene rings is 1. The highest BCUT2D eigenvalue weighted by Crippen LogP contribution is 2.28. The van der Waals surface area contributed by atoms with Gasteiger partial charge in [-0.2, -0.15) is 5.26 Å². The van der Waals surface area contributed by atoms with Gasteiger partial charge in [0.15, 0.2) is 0 Å². The highest BCUT2D eigenvalue weighted by atomic mass is 16.5. The quantitative estimate of drug-likeness (QED) is 0.760. The number of nitrogens with two attached hydrogens (primary N) is 1. The van der Waals surface area contributed by atoms with Crippen molar-refractivity contribution < 1.29 is 4.74 Å². The van der Waals surface area contributed by atoms with E-state index in [0.29, 0.717) is 5.56 Å². The molecule has 1 fully saturated rings. The van der Waals surface area contributed by atoms with Crippen LogP contribution in [0.2, 0.25) is 0 Å². The molecule has 84 valence electrons. The Hall–Kier alpha value is -1.73. The minimum absolute atomic E-state index is 0.269. The van der Waals surface area contributed by atoms with Crippen LogP contribution in [0.25, 0.3) is 0 Å². The molecule has 2 N–H and O–H groups in total. The number of nitrogen functional groups attached to an aromatic ring is 1. The van der Waals surface area contributed by atoms with Crippen molar-refractivity contribution in [1.82, 2.24) is 0 Å². The van der Waals surface area contributed by atoms with Gasteiger partial charge in [-0.05, 0) is 24.6 Å². The molecule has 1 aromatic rings. The molecule has 1 saturated heterocycles. The van der Waals surface area contributed by atoms with Crippen molar-refractivity contribution in [2.24, 2.45) is 0 Å². The second-order valence-electron chi connectivity index (χ2n) is 3.98. The molecule has 4 heteroatoms. The molecule has 0 spiro atoms. The second-order valence-corrected chi connectivity index (χ2v) is 3.98. The van der Waals surface area contributed by atoms with Crippen LogP contribution in [-0.4, -0.2) is 26.3 Å². The lowest BCUT2D eigenvalue weighted by Gasteiger charge is -2.20. The van der Waals surface area contributed by atoms with Crippen LogP contribution in [0.15, 0.2) is 18.2 Å². The molecule has 1 aliphatic heterocycles. The number of methoxy groups -OCH3 is 1. The van der Waals surface area contributed by atoms with E-state index in [1.54, 1.807) is 19.2 Å². The Labute approximate surface area is 95.2 Å². The zero-order chi connectivity index (χ0) is 11.5. The molecule has 0 aromatic heterocycles. The van der Waals surface area contributed by atoms with E-state index in [1.165, 1.54) is 0 Å². The van der Waals surface area contributed by atoms with Gasteiger partial charge in [0.1, 0.15) is 0 Å². The maximum Gasteiger partial charge on any atom is 0.0992 e. The molecular formula is C12H15N3O. The van der Waals surface area contributed by atoms with Gasteiger partial charge < -0.3 is 15.4 Å². The number of anilines is 2. The van der Waals surface area contributed by atoms with Crippen molar-refractivity contribution >= 4 is 11.4 Å². The van der Waals surface area contributed by atoms with E-state index in [4.69, 9.17) is 15.7 Å². The van der Waals surface area contributed by atoms with Gasteiger partial charge in [0.2, 0.25) is 0 Å². The number of nitriles is 1. The van der Waals surface area contributed by atoms with Crippen LogP contribution in [0.5, 0.6) is 0 Å². The summed E-state index contributed by atoms with van der Waals surface area (Å²) >= 11 is 0. The van der Waals surface area contributed by atoms with Gasteiger partial charge in [-0.1, -0.05) is 0 Å². The summed E-state index contributed by atoms with van der Waals surface area (Å²) in [4.78, 5) is 2.17. The fourth-order valence-electron chi connectivity index (χ4n) is 2.03. The lowest BCUT2D eigenvalue weighted by molar-refractivity contribution is 0.121. The van der Waals surface area contributed by atoms with Crippen molar-refractivity contribution in [2.75, 3.05) is 30.8 Å². The SMILES string of the molecule is COC1CCN(c2cc(C#N)ccc2N)C1. The van der Waals surface area contributed by atoms with Crippen LogP contribution in [0, 0.1) is 11.3 Å². The van der Waals surface area contributed by atoms with E-state index in [-0.39, 0.29) is 6.10 Å². The molecule has 0 bridgehead atoms. The first-order valence-corrected chi connectivity index (χ1v) is 5.32. The summed E-state index contributed by atoms with van der Waals surface area (Å²) in [6.45, 7) is 1.77. The van der Waals surface area contributed by atoms with Crippen LogP contribution in [0.4, 0.5) is 11.4 Å². The summed E-state index contributed by atoms with van der Waals surface area (Å²) in [6, 6.07) is 7.49. The van der Waals surface area contributed by atoms with Crippen LogP contribution >= 0.6 is 0 Å². The number of ether oxygens (including phenoxy) is 1. The second kappa shape index (κ2) is 4.42. The molecule has 0 amide bonds. The van der Waals surface area contributed by atoms with E-state index >= 15 is 0 Å². The van der Waals surface area contributed by atoms with Crippen LogP contribution < -0.4 is 10.6 Å². The van der Waals surface area contributed by atoms with Gasteiger partial charge >= 0.3 is 0 Å². The van der Waals surface area contributed by atoms with E-state index in [0.717, 1.165) is 30.9 Å². The molecule has 1 heterocycles. The third-order valence-electron chi connectivity index (χ3n) is 2.98.